The molecule has 0 fully saturated rings. The smallest absolute Gasteiger partial charge is 0.260 e. The summed E-state index contributed by atoms with van der Waals surface area (Å²) in [5.41, 5.74) is 0. The minimum absolute atomic E-state index is 0. The molecule has 0 aliphatic carbocycles. The number of ether oxygens (including phenoxy) is 1. The normalized spacial score (nSPS) is 9.85. The Morgan fingerprint density at radius 1 is 1.25 bits per heavy atom. The molecule has 0 heterocycles. The second-order valence-corrected chi connectivity index (χ2v) is 5.13. The zero-order valence-electron chi connectivity index (χ0n) is 11.1. The van der Waals surface area contributed by atoms with Gasteiger partial charge in [-0.1, -0.05) is 34.8 Å². The van der Waals surface area contributed by atoms with Crippen molar-refractivity contribution in [2.24, 2.45) is 0 Å². The van der Waals surface area contributed by atoms with Crippen LogP contribution in [0.4, 0.5) is 0 Å². The molecule has 20 heavy (non-hydrogen) atoms. The molecule has 0 aromatic heterocycles. The second kappa shape index (κ2) is 9.53. The molecule has 0 spiro atoms. The third-order valence-electron chi connectivity index (χ3n) is 2.45. The highest BCUT2D eigenvalue weighted by atomic mass is 35.5. The zero-order valence-corrected chi connectivity index (χ0v) is 14.2. The lowest BCUT2D eigenvalue weighted by Crippen LogP contribution is -2.35. The Morgan fingerprint density at radius 3 is 2.45 bits per heavy atom. The van der Waals surface area contributed by atoms with Gasteiger partial charge in [-0.25, -0.2) is 0 Å². The van der Waals surface area contributed by atoms with E-state index < -0.39 is 0 Å². The first kappa shape index (κ1) is 19.6. The number of benzene rings is 1. The third kappa shape index (κ3) is 5.94. The molecule has 1 aromatic carbocycles. The molecule has 1 rings (SSSR count). The number of amides is 1. The first-order valence-electron chi connectivity index (χ1n) is 5.61. The average molecular weight is 362 g/mol. The van der Waals surface area contributed by atoms with E-state index in [-0.39, 0.29) is 24.9 Å². The Labute approximate surface area is 139 Å². The molecule has 0 aliphatic rings. The van der Waals surface area contributed by atoms with Crippen LogP contribution in [0.25, 0.3) is 0 Å². The number of hydrogen-bond acceptors (Lipinski definition) is 3. The molecule has 1 N–H and O–H groups in total. The van der Waals surface area contributed by atoms with Crippen molar-refractivity contribution in [2.75, 3.05) is 33.8 Å². The van der Waals surface area contributed by atoms with Crippen LogP contribution < -0.4 is 10.1 Å². The van der Waals surface area contributed by atoms with E-state index in [0.29, 0.717) is 27.4 Å². The summed E-state index contributed by atoms with van der Waals surface area (Å²) in [5.74, 6) is 0.198. The molecule has 0 unspecified atom stereocenters. The molecule has 0 saturated heterocycles. The lowest BCUT2D eigenvalue weighted by Gasteiger charge is -2.17. The Balaban J connectivity index is 0.00000361. The van der Waals surface area contributed by atoms with Gasteiger partial charge in [-0.3, -0.25) is 4.79 Å². The van der Waals surface area contributed by atoms with Crippen molar-refractivity contribution in [1.82, 2.24) is 10.2 Å². The van der Waals surface area contributed by atoms with E-state index in [1.165, 1.54) is 12.1 Å². The molecule has 1 amide bonds. The van der Waals surface area contributed by atoms with Gasteiger partial charge in [0.2, 0.25) is 0 Å². The van der Waals surface area contributed by atoms with Gasteiger partial charge in [0.15, 0.2) is 6.61 Å². The van der Waals surface area contributed by atoms with Crippen LogP contribution in [0.15, 0.2) is 12.1 Å². The highest BCUT2D eigenvalue weighted by molar-refractivity contribution is 6.43. The molecule has 0 bridgehead atoms. The van der Waals surface area contributed by atoms with E-state index in [0.717, 1.165) is 6.54 Å². The second-order valence-electron chi connectivity index (χ2n) is 3.90. The van der Waals surface area contributed by atoms with Gasteiger partial charge in [0.05, 0.1) is 15.1 Å². The number of hydrogen-bond donors (Lipinski definition) is 1. The van der Waals surface area contributed by atoms with Gasteiger partial charge in [-0.15, -0.1) is 12.4 Å². The predicted molar refractivity (Wildman–Crippen MR) is 85.8 cm³/mol. The monoisotopic (exact) mass is 360 g/mol. The number of likely N-dealkylation sites (N-methyl/N-ethyl adjacent to an activating group) is 2. The summed E-state index contributed by atoms with van der Waals surface area (Å²) < 4.78 is 5.35. The first-order chi connectivity index (χ1) is 8.95. The van der Waals surface area contributed by atoms with Gasteiger partial charge in [0.25, 0.3) is 5.91 Å². The van der Waals surface area contributed by atoms with Crippen LogP contribution in [0.1, 0.15) is 0 Å². The maximum absolute atomic E-state index is 11.8. The van der Waals surface area contributed by atoms with Crippen LogP contribution >= 0.6 is 47.2 Å². The number of carbonyl (C=O) groups excluding carboxylic acids is 1. The van der Waals surface area contributed by atoms with Crippen molar-refractivity contribution in [3.05, 3.63) is 27.2 Å². The molecule has 1 aromatic rings. The maximum atomic E-state index is 11.8. The zero-order chi connectivity index (χ0) is 14.4. The Kier molecular flexibility index (Phi) is 9.34. The average Bonchev–Trinajstić information content (AvgIpc) is 2.38. The third-order valence-corrected chi connectivity index (χ3v) is 3.47. The summed E-state index contributed by atoms with van der Waals surface area (Å²) in [7, 11) is 3.53. The molecular weight excluding hydrogens is 346 g/mol. The Bertz CT molecular complexity index is 457. The molecule has 114 valence electrons. The summed E-state index contributed by atoms with van der Waals surface area (Å²) in [6, 6.07) is 2.98. The lowest BCUT2D eigenvalue weighted by molar-refractivity contribution is -0.131. The minimum Gasteiger partial charge on any atom is -0.482 e. The standard InChI is InChI=1S/C12H15Cl3N2O2.ClH/c1-16-3-4-17(2)12(18)7-19-11-6-9(14)8(13)5-10(11)15;/h5-6,16H,3-4,7H2,1-2H3;1H. The summed E-state index contributed by atoms with van der Waals surface area (Å²) in [6.07, 6.45) is 0. The highest BCUT2D eigenvalue weighted by Gasteiger charge is 2.12. The van der Waals surface area contributed by atoms with Crippen LogP contribution in [-0.4, -0.2) is 44.6 Å². The van der Waals surface area contributed by atoms with Crippen molar-refractivity contribution in [1.29, 1.82) is 0 Å². The van der Waals surface area contributed by atoms with E-state index in [1.54, 1.807) is 11.9 Å². The van der Waals surface area contributed by atoms with Crippen LogP contribution in [-0.2, 0) is 4.79 Å². The topological polar surface area (TPSA) is 41.6 Å². The van der Waals surface area contributed by atoms with Crippen molar-refractivity contribution < 1.29 is 9.53 Å². The number of nitrogens with zero attached hydrogens (tertiary/aromatic N) is 1. The van der Waals surface area contributed by atoms with E-state index in [4.69, 9.17) is 39.5 Å². The van der Waals surface area contributed by atoms with Crippen LogP contribution in [0, 0.1) is 0 Å². The fourth-order valence-corrected chi connectivity index (χ4v) is 1.86. The largest absolute Gasteiger partial charge is 0.482 e. The fraction of sp³-hybridized carbons (Fsp3) is 0.417. The van der Waals surface area contributed by atoms with Gasteiger partial charge in [-0.05, 0) is 13.1 Å². The van der Waals surface area contributed by atoms with Gasteiger partial charge in [-0.2, -0.15) is 0 Å². The van der Waals surface area contributed by atoms with Crippen molar-refractivity contribution in [3.8, 4) is 5.75 Å². The van der Waals surface area contributed by atoms with Gasteiger partial charge >= 0.3 is 0 Å². The highest BCUT2D eigenvalue weighted by Crippen LogP contribution is 2.33. The Hall–Kier alpha value is -0.390. The number of rotatable bonds is 6. The summed E-state index contributed by atoms with van der Waals surface area (Å²) in [5, 5.41) is 3.96. The molecule has 0 radical (unpaired) electrons. The van der Waals surface area contributed by atoms with Crippen molar-refractivity contribution in [3.63, 3.8) is 0 Å². The number of carbonyl (C=O) groups is 1. The van der Waals surface area contributed by atoms with Gasteiger partial charge in [0, 0.05) is 26.2 Å². The molecular formula is C12H16Cl4N2O2. The molecule has 8 heteroatoms. The van der Waals surface area contributed by atoms with E-state index >= 15 is 0 Å². The molecule has 0 aliphatic heterocycles. The van der Waals surface area contributed by atoms with Crippen LogP contribution in [0.3, 0.4) is 0 Å². The van der Waals surface area contributed by atoms with E-state index in [9.17, 15) is 4.79 Å². The molecule has 0 saturated carbocycles. The van der Waals surface area contributed by atoms with Crippen molar-refractivity contribution in [2.45, 2.75) is 0 Å². The van der Waals surface area contributed by atoms with E-state index in [2.05, 4.69) is 5.32 Å². The van der Waals surface area contributed by atoms with E-state index in [1.807, 2.05) is 7.05 Å². The van der Waals surface area contributed by atoms with Gasteiger partial charge < -0.3 is 15.0 Å². The quantitative estimate of drug-likeness (QED) is 0.791. The summed E-state index contributed by atoms with van der Waals surface area (Å²) in [4.78, 5) is 13.3. The Morgan fingerprint density at radius 2 is 1.85 bits per heavy atom. The maximum Gasteiger partial charge on any atom is 0.260 e. The first-order valence-corrected chi connectivity index (χ1v) is 6.75. The SMILES string of the molecule is CNCCN(C)C(=O)COc1cc(Cl)c(Cl)cc1Cl.Cl. The summed E-state index contributed by atoms with van der Waals surface area (Å²) >= 11 is 17.6. The minimum atomic E-state index is -0.141. The number of halogens is 4. The lowest BCUT2D eigenvalue weighted by atomic mass is 10.3. The van der Waals surface area contributed by atoms with Gasteiger partial charge in [0.1, 0.15) is 5.75 Å². The fourth-order valence-electron chi connectivity index (χ4n) is 1.27. The van der Waals surface area contributed by atoms with Crippen LogP contribution in [0.5, 0.6) is 5.75 Å². The predicted octanol–water partition coefficient (Wildman–Crippen LogP) is 3.13. The summed E-state index contributed by atoms with van der Waals surface area (Å²) in [6.45, 7) is 1.22. The van der Waals surface area contributed by atoms with Crippen LogP contribution in [0.2, 0.25) is 15.1 Å². The van der Waals surface area contributed by atoms with Crippen molar-refractivity contribution >= 4 is 53.1 Å². The number of nitrogens with one attached hydrogen (secondary N) is 1. The molecule has 4 nitrogen and oxygen atoms in total. The molecule has 0 atom stereocenters.